The molecule has 0 aliphatic heterocycles. The monoisotopic (exact) mass is 546 g/mol. The lowest BCUT2D eigenvalue weighted by Crippen LogP contribution is -2.49. The molecule has 0 saturated carbocycles. The molecular formula is C31H38N4O5. The van der Waals surface area contributed by atoms with Crippen molar-refractivity contribution in [1.82, 2.24) is 10.6 Å². The van der Waals surface area contributed by atoms with Crippen molar-refractivity contribution in [2.24, 2.45) is 0 Å². The molecule has 0 fully saturated rings. The fourth-order valence-electron chi connectivity index (χ4n) is 4.62. The number of rotatable bonds is 14. The molecule has 1 unspecified atom stereocenters. The van der Waals surface area contributed by atoms with Crippen molar-refractivity contribution in [2.45, 2.75) is 58.7 Å². The second-order valence-electron chi connectivity index (χ2n) is 9.98. The van der Waals surface area contributed by atoms with Gasteiger partial charge in [-0.3, -0.25) is 19.2 Å². The highest BCUT2D eigenvalue weighted by atomic mass is 16.4. The Morgan fingerprint density at radius 2 is 1.62 bits per heavy atom. The van der Waals surface area contributed by atoms with E-state index in [4.69, 9.17) is 5.11 Å². The van der Waals surface area contributed by atoms with Crippen molar-refractivity contribution in [3.8, 4) is 0 Å². The minimum absolute atomic E-state index is 0.0116. The van der Waals surface area contributed by atoms with Crippen molar-refractivity contribution in [3.05, 3.63) is 71.8 Å². The van der Waals surface area contributed by atoms with Crippen molar-refractivity contribution in [3.63, 3.8) is 0 Å². The number of carbonyl (C=O) groups excluding carboxylic acids is 3. The first kappa shape index (κ1) is 30.3. The Balaban J connectivity index is 1.98. The molecule has 2 atom stereocenters. The maximum Gasteiger partial charge on any atom is 0.303 e. The van der Waals surface area contributed by atoms with Gasteiger partial charge in [-0.05, 0) is 68.3 Å². The number of amides is 3. The second kappa shape index (κ2) is 14.2. The van der Waals surface area contributed by atoms with Gasteiger partial charge < -0.3 is 25.5 Å². The van der Waals surface area contributed by atoms with Crippen LogP contribution in [0, 0.1) is 6.92 Å². The largest absolute Gasteiger partial charge is 0.481 e. The third-order valence-electron chi connectivity index (χ3n) is 6.97. The topological polar surface area (TPSA) is 119 Å². The Hall–Kier alpha value is -4.24. The Labute approximate surface area is 235 Å². The summed E-state index contributed by atoms with van der Waals surface area (Å²) in [6, 6.07) is 18.4. The number of anilines is 2. The van der Waals surface area contributed by atoms with E-state index in [1.54, 1.807) is 55.0 Å². The minimum atomic E-state index is -0.973. The predicted molar refractivity (Wildman–Crippen MR) is 157 cm³/mol. The molecular weight excluding hydrogens is 508 g/mol. The summed E-state index contributed by atoms with van der Waals surface area (Å²) in [5, 5.41) is 17.0. The Bertz CT molecular complexity index is 1360. The van der Waals surface area contributed by atoms with Gasteiger partial charge in [0.05, 0.1) is 24.0 Å². The van der Waals surface area contributed by atoms with Gasteiger partial charge in [0, 0.05) is 25.4 Å². The number of aliphatic carboxylic acids is 1. The summed E-state index contributed by atoms with van der Waals surface area (Å²) < 4.78 is 0. The van der Waals surface area contributed by atoms with Crippen molar-refractivity contribution in [1.29, 1.82) is 0 Å². The minimum Gasteiger partial charge on any atom is -0.481 e. The van der Waals surface area contributed by atoms with E-state index < -0.39 is 18.1 Å². The molecule has 0 aliphatic carbocycles. The molecule has 9 heteroatoms. The van der Waals surface area contributed by atoms with Gasteiger partial charge in [-0.25, -0.2) is 0 Å². The summed E-state index contributed by atoms with van der Waals surface area (Å²) in [5.41, 5.74) is 3.09. The third kappa shape index (κ3) is 7.66. The number of hydrogen-bond acceptors (Lipinski definition) is 5. The highest BCUT2D eigenvalue weighted by Gasteiger charge is 2.25. The zero-order valence-electron chi connectivity index (χ0n) is 23.5. The number of nitrogens with zero attached hydrogens (tertiary/aromatic N) is 2. The molecule has 0 bridgehead atoms. The summed E-state index contributed by atoms with van der Waals surface area (Å²) in [7, 11) is 1.69. The standard InChI is InChI=1S/C31H38N4O5/c1-21-16-17-24-10-5-6-11-25(24)26(21)19-34(20-36)27-12-7-8-13-28(27)35(29(37)14-9-15-30(38)39)18-22(2)33-31(40)23(3)32-4/h5-8,10-13,16-17,20,22-23,32H,9,14-15,18-19H2,1-4H3,(H,33,40)(H,38,39)/t22?,23-/m0/s1. The van der Waals surface area contributed by atoms with E-state index in [9.17, 15) is 19.2 Å². The number of aryl methyl sites for hydroxylation is 1. The Morgan fingerprint density at radius 3 is 2.30 bits per heavy atom. The molecule has 0 saturated heterocycles. The lowest BCUT2D eigenvalue weighted by atomic mass is 9.99. The Morgan fingerprint density at radius 1 is 0.950 bits per heavy atom. The highest BCUT2D eigenvalue weighted by molar-refractivity contribution is 5.99. The van der Waals surface area contributed by atoms with Crippen LogP contribution in [-0.2, 0) is 25.7 Å². The number of carboxylic acid groups (broad SMARTS) is 1. The quantitative estimate of drug-likeness (QED) is 0.263. The molecule has 0 radical (unpaired) electrons. The van der Waals surface area contributed by atoms with Gasteiger partial charge in [0.2, 0.25) is 18.2 Å². The molecule has 3 amide bonds. The van der Waals surface area contributed by atoms with Gasteiger partial charge in [0.25, 0.3) is 0 Å². The molecule has 3 N–H and O–H groups in total. The molecule has 40 heavy (non-hydrogen) atoms. The molecule has 3 aromatic carbocycles. The van der Waals surface area contributed by atoms with E-state index >= 15 is 0 Å². The average molecular weight is 547 g/mol. The zero-order valence-corrected chi connectivity index (χ0v) is 23.5. The number of benzene rings is 3. The lowest BCUT2D eigenvalue weighted by molar-refractivity contribution is -0.137. The summed E-state index contributed by atoms with van der Waals surface area (Å²) in [5.74, 6) is -1.47. The first-order valence-electron chi connectivity index (χ1n) is 13.4. The first-order valence-corrected chi connectivity index (χ1v) is 13.4. The van der Waals surface area contributed by atoms with Crippen molar-refractivity contribution >= 4 is 46.3 Å². The van der Waals surface area contributed by atoms with Gasteiger partial charge >= 0.3 is 5.97 Å². The fourth-order valence-corrected chi connectivity index (χ4v) is 4.62. The van der Waals surface area contributed by atoms with E-state index in [1.165, 1.54) is 0 Å². The summed E-state index contributed by atoms with van der Waals surface area (Å²) in [6.45, 7) is 5.98. The maximum absolute atomic E-state index is 13.5. The maximum atomic E-state index is 13.5. The van der Waals surface area contributed by atoms with Gasteiger partial charge in [-0.15, -0.1) is 0 Å². The summed E-state index contributed by atoms with van der Waals surface area (Å²) >= 11 is 0. The number of hydrogen-bond donors (Lipinski definition) is 3. The Kier molecular flexibility index (Phi) is 10.8. The van der Waals surface area contributed by atoms with Gasteiger partial charge in [-0.2, -0.15) is 0 Å². The van der Waals surface area contributed by atoms with Crippen LogP contribution in [0.4, 0.5) is 11.4 Å². The highest BCUT2D eigenvalue weighted by Crippen LogP contribution is 2.32. The third-order valence-corrected chi connectivity index (χ3v) is 6.97. The molecule has 0 aromatic heterocycles. The van der Waals surface area contributed by atoms with Gasteiger partial charge in [-0.1, -0.05) is 48.5 Å². The molecule has 0 spiro atoms. The number of para-hydroxylation sites is 2. The normalized spacial score (nSPS) is 12.4. The van der Waals surface area contributed by atoms with Gasteiger partial charge in [0.1, 0.15) is 0 Å². The first-order chi connectivity index (χ1) is 19.2. The van der Waals surface area contributed by atoms with Crippen molar-refractivity contribution < 1.29 is 24.3 Å². The number of carboxylic acids is 1. The lowest BCUT2D eigenvalue weighted by Gasteiger charge is -2.31. The fraction of sp³-hybridized carbons (Fsp3) is 0.355. The number of nitrogens with one attached hydrogen (secondary N) is 2. The predicted octanol–water partition coefficient (Wildman–Crippen LogP) is 4.01. The van der Waals surface area contributed by atoms with E-state index in [1.807, 2.05) is 37.3 Å². The van der Waals surface area contributed by atoms with Crippen LogP contribution in [0.25, 0.3) is 10.8 Å². The van der Waals surface area contributed by atoms with E-state index in [2.05, 4.69) is 16.7 Å². The second-order valence-corrected chi connectivity index (χ2v) is 9.98. The zero-order chi connectivity index (χ0) is 29.2. The van der Waals surface area contributed by atoms with Crippen molar-refractivity contribution in [2.75, 3.05) is 23.4 Å². The molecule has 3 rings (SSSR count). The van der Waals surface area contributed by atoms with Crippen LogP contribution in [0.1, 0.15) is 44.2 Å². The van der Waals surface area contributed by atoms with Gasteiger partial charge in [0.15, 0.2) is 0 Å². The number of likely N-dealkylation sites (N-methyl/N-ethyl adjacent to an activating group) is 1. The van der Waals surface area contributed by atoms with E-state index in [-0.39, 0.29) is 37.6 Å². The van der Waals surface area contributed by atoms with E-state index in [0.717, 1.165) is 28.3 Å². The molecule has 9 nitrogen and oxygen atoms in total. The van der Waals surface area contributed by atoms with Crippen LogP contribution in [-0.4, -0.2) is 55.0 Å². The average Bonchev–Trinajstić information content (AvgIpc) is 2.94. The SMILES string of the molecule is CN[C@@H](C)C(=O)NC(C)CN(C(=O)CCCC(=O)O)c1ccccc1N(C=O)Cc1c(C)ccc2ccccc12. The van der Waals surface area contributed by atoms with Crippen LogP contribution in [0.3, 0.4) is 0 Å². The number of carbonyl (C=O) groups is 4. The summed E-state index contributed by atoms with van der Waals surface area (Å²) in [6.07, 6.45) is 0.815. The van der Waals surface area contributed by atoms with Crippen LogP contribution in [0.5, 0.6) is 0 Å². The smallest absolute Gasteiger partial charge is 0.303 e. The van der Waals surface area contributed by atoms with Crippen LogP contribution in [0.2, 0.25) is 0 Å². The molecule has 212 valence electrons. The van der Waals surface area contributed by atoms with Crippen LogP contribution in [0.15, 0.2) is 60.7 Å². The molecule has 3 aromatic rings. The summed E-state index contributed by atoms with van der Waals surface area (Å²) in [4.78, 5) is 52.7. The molecule has 0 heterocycles. The van der Waals surface area contributed by atoms with Crippen LogP contribution < -0.4 is 20.4 Å². The number of fused-ring (bicyclic) bond motifs is 1. The van der Waals surface area contributed by atoms with Crippen LogP contribution >= 0.6 is 0 Å². The van der Waals surface area contributed by atoms with E-state index in [0.29, 0.717) is 17.9 Å². The molecule has 0 aliphatic rings.